The second-order valence-corrected chi connectivity index (χ2v) is 11.6. The van der Waals surface area contributed by atoms with Crippen LogP contribution in [0.5, 0.6) is 5.75 Å². The zero-order chi connectivity index (χ0) is 29.2. The number of carbonyl (C=O) groups is 2. The highest BCUT2D eigenvalue weighted by molar-refractivity contribution is 6.04. The molecule has 2 unspecified atom stereocenters. The Morgan fingerprint density at radius 3 is 2.52 bits per heavy atom. The lowest BCUT2D eigenvalue weighted by molar-refractivity contribution is -0.147. The summed E-state index contributed by atoms with van der Waals surface area (Å²) in [6, 6.07) is 10.9. The first-order valence-corrected chi connectivity index (χ1v) is 13.4. The summed E-state index contributed by atoms with van der Waals surface area (Å²) >= 11 is 0. The molecule has 8 nitrogen and oxygen atoms in total. The maximum atomic E-state index is 15.2. The molecule has 10 heteroatoms. The summed E-state index contributed by atoms with van der Waals surface area (Å²) in [5.41, 5.74) is -2.69. The third-order valence-corrected chi connectivity index (χ3v) is 7.75. The molecule has 2 atom stereocenters. The number of carbonyl (C=O) groups excluding carboxylic acids is 1. The van der Waals surface area contributed by atoms with Gasteiger partial charge < -0.3 is 24.7 Å². The summed E-state index contributed by atoms with van der Waals surface area (Å²) in [6.45, 7) is 6.62. The van der Waals surface area contributed by atoms with Gasteiger partial charge in [0, 0.05) is 25.1 Å². The number of hydrogen-bond acceptors (Lipinski definition) is 6. The number of alkyl halides is 1. The summed E-state index contributed by atoms with van der Waals surface area (Å²) in [5, 5.41) is 29.8. The van der Waals surface area contributed by atoms with E-state index in [-0.39, 0.29) is 35.6 Å². The first kappa shape index (κ1) is 29.4. The van der Waals surface area contributed by atoms with Gasteiger partial charge in [0.1, 0.15) is 22.8 Å². The van der Waals surface area contributed by atoms with Crippen LogP contribution in [-0.4, -0.2) is 82.0 Å². The Bertz CT molecular complexity index is 1310. The van der Waals surface area contributed by atoms with Crippen molar-refractivity contribution in [3.8, 4) is 22.9 Å². The van der Waals surface area contributed by atoms with Gasteiger partial charge in [0.15, 0.2) is 0 Å². The van der Waals surface area contributed by atoms with Crippen molar-refractivity contribution in [1.82, 2.24) is 9.80 Å². The SMILES string of the molecule is CC(C)(F)CN1CCC(COc2ccc(-c3cccc(F)c3C(=O)N3CC(O)CC3(C)C(=O)O)c(C#N)c2)CC1. The number of ether oxygens (including phenoxy) is 1. The number of aliphatic hydroxyl groups excluding tert-OH is 1. The van der Waals surface area contributed by atoms with E-state index in [1.54, 1.807) is 26.0 Å². The minimum absolute atomic E-state index is 0.144. The van der Waals surface area contributed by atoms with Gasteiger partial charge in [0.05, 0.1) is 29.9 Å². The van der Waals surface area contributed by atoms with Gasteiger partial charge in [-0.05, 0) is 82.4 Å². The van der Waals surface area contributed by atoms with Crippen LogP contribution in [0.15, 0.2) is 36.4 Å². The lowest BCUT2D eigenvalue weighted by atomic mass is 9.93. The molecule has 2 fully saturated rings. The Balaban J connectivity index is 1.53. The van der Waals surface area contributed by atoms with E-state index >= 15 is 4.39 Å². The highest BCUT2D eigenvalue weighted by Crippen LogP contribution is 2.36. The van der Waals surface area contributed by atoms with Crippen LogP contribution in [0.2, 0.25) is 0 Å². The number of carboxylic acids is 1. The molecule has 0 saturated carbocycles. The molecule has 0 aliphatic carbocycles. The Hall–Kier alpha value is -3.55. The Labute approximate surface area is 232 Å². The number of carboxylic acid groups (broad SMARTS) is 1. The molecule has 40 heavy (non-hydrogen) atoms. The van der Waals surface area contributed by atoms with Gasteiger partial charge in [0.2, 0.25) is 0 Å². The standard InChI is InChI=1S/C30H35F2N3O5/c1-29(2,32)18-34-11-9-19(10-12-34)17-40-22-7-8-23(20(13-22)15-33)24-5-4-6-25(31)26(24)27(37)35-16-21(36)14-30(35,3)28(38)39/h4-8,13,19,21,36H,9-12,14,16-18H2,1-3H3,(H,38,39). The number of amides is 1. The van der Waals surface area contributed by atoms with Crippen LogP contribution >= 0.6 is 0 Å². The Morgan fingerprint density at radius 2 is 1.90 bits per heavy atom. The number of β-amino-alcohol motifs (C(OH)–C–C–N with tert-alkyl or cyclic N) is 1. The minimum Gasteiger partial charge on any atom is -0.493 e. The van der Waals surface area contributed by atoms with Crippen molar-refractivity contribution >= 4 is 11.9 Å². The van der Waals surface area contributed by atoms with Gasteiger partial charge in [-0.15, -0.1) is 0 Å². The summed E-state index contributed by atoms with van der Waals surface area (Å²) in [5.74, 6) is -2.29. The van der Waals surface area contributed by atoms with Crippen LogP contribution in [0.3, 0.4) is 0 Å². The number of aliphatic hydroxyl groups is 1. The average molecular weight is 556 g/mol. The molecule has 2 aliphatic rings. The van der Waals surface area contributed by atoms with Crippen LogP contribution in [0, 0.1) is 23.1 Å². The average Bonchev–Trinajstić information content (AvgIpc) is 3.22. The van der Waals surface area contributed by atoms with E-state index in [4.69, 9.17) is 4.74 Å². The van der Waals surface area contributed by atoms with Crippen LogP contribution < -0.4 is 4.74 Å². The van der Waals surface area contributed by atoms with Crippen molar-refractivity contribution in [3.63, 3.8) is 0 Å². The third-order valence-electron chi connectivity index (χ3n) is 7.75. The van der Waals surface area contributed by atoms with Crippen LogP contribution in [-0.2, 0) is 4.79 Å². The lowest BCUT2D eigenvalue weighted by Crippen LogP contribution is -2.51. The van der Waals surface area contributed by atoms with Crippen LogP contribution in [0.4, 0.5) is 8.78 Å². The fraction of sp³-hybridized carbons (Fsp3) is 0.500. The predicted octanol–water partition coefficient (Wildman–Crippen LogP) is 4.25. The van der Waals surface area contributed by atoms with Crippen LogP contribution in [0.25, 0.3) is 11.1 Å². The van der Waals surface area contributed by atoms with Gasteiger partial charge in [-0.2, -0.15) is 5.26 Å². The largest absolute Gasteiger partial charge is 0.493 e. The number of halogens is 2. The number of rotatable bonds is 8. The summed E-state index contributed by atoms with van der Waals surface area (Å²) in [4.78, 5) is 28.6. The second-order valence-electron chi connectivity index (χ2n) is 11.6. The number of aliphatic carboxylic acids is 1. The van der Waals surface area contributed by atoms with Gasteiger partial charge in [-0.3, -0.25) is 4.79 Å². The topological polar surface area (TPSA) is 114 Å². The van der Waals surface area contributed by atoms with Crippen molar-refractivity contribution < 1.29 is 33.3 Å². The molecular weight excluding hydrogens is 520 g/mol. The second kappa shape index (κ2) is 11.5. The molecule has 2 N–H and O–H groups in total. The number of benzene rings is 2. The molecule has 4 rings (SSSR count). The molecule has 2 saturated heterocycles. The first-order chi connectivity index (χ1) is 18.8. The summed E-state index contributed by atoms with van der Waals surface area (Å²) < 4.78 is 35.1. The molecule has 0 aromatic heterocycles. The van der Waals surface area contributed by atoms with Crippen LogP contribution in [0.1, 0.15) is 56.0 Å². The zero-order valence-corrected chi connectivity index (χ0v) is 23.0. The molecule has 2 aromatic carbocycles. The number of hydrogen-bond donors (Lipinski definition) is 2. The van der Waals surface area contributed by atoms with Gasteiger partial charge in [0.25, 0.3) is 5.91 Å². The van der Waals surface area contributed by atoms with E-state index in [9.17, 15) is 29.5 Å². The molecule has 2 aliphatic heterocycles. The molecule has 2 heterocycles. The van der Waals surface area contributed by atoms with Crippen molar-refractivity contribution in [2.75, 3.05) is 32.8 Å². The number of piperidine rings is 1. The monoisotopic (exact) mass is 555 g/mol. The molecule has 0 bridgehead atoms. The highest BCUT2D eigenvalue weighted by Gasteiger charge is 2.50. The molecular formula is C30H35F2N3O5. The van der Waals surface area contributed by atoms with Crippen molar-refractivity contribution in [3.05, 3.63) is 53.3 Å². The minimum atomic E-state index is -1.70. The van der Waals surface area contributed by atoms with Gasteiger partial charge in [-0.1, -0.05) is 12.1 Å². The molecule has 0 radical (unpaired) electrons. The van der Waals surface area contributed by atoms with E-state index < -0.39 is 35.0 Å². The van der Waals surface area contributed by atoms with E-state index in [1.165, 1.54) is 25.1 Å². The number of nitriles is 1. The maximum absolute atomic E-state index is 15.2. The normalized spacial score (nSPS) is 22.2. The van der Waals surface area contributed by atoms with Crippen molar-refractivity contribution in [2.24, 2.45) is 5.92 Å². The number of nitrogens with zero attached hydrogens (tertiary/aromatic N) is 3. The smallest absolute Gasteiger partial charge is 0.329 e. The zero-order valence-electron chi connectivity index (χ0n) is 23.0. The molecule has 0 spiro atoms. The molecule has 2 aromatic rings. The Kier molecular flexibility index (Phi) is 8.47. The fourth-order valence-electron chi connectivity index (χ4n) is 5.65. The Morgan fingerprint density at radius 1 is 1.20 bits per heavy atom. The van der Waals surface area contributed by atoms with Crippen molar-refractivity contribution in [2.45, 2.75) is 57.3 Å². The van der Waals surface area contributed by atoms with Crippen molar-refractivity contribution in [1.29, 1.82) is 5.26 Å². The maximum Gasteiger partial charge on any atom is 0.329 e. The first-order valence-electron chi connectivity index (χ1n) is 13.4. The highest BCUT2D eigenvalue weighted by atomic mass is 19.1. The van der Waals surface area contributed by atoms with E-state index in [1.807, 2.05) is 0 Å². The van der Waals surface area contributed by atoms with E-state index in [0.29, 0.717) is 24.5 Å². The van der Waals surface area contributed by atoms with E-state index in [0.717, 1.165) is 36.9 Å². The van der Waals surface area contributed by atoms with Gasteiger partial charge in [-0.25, -0.2) is 13.6 Å². The third kappa shape index (κ3) is 6.26. The van der Waals surface area contributed by atoms with E-state index in [2.05, 4.69) is 11.0 Å². The molecule has 1 amide bonds. The lowest BCUT2D eigenvalue weighted by Gasteiger charge is -2.34. The quantitative estimate of drug-likeness (QED) is 0.501. The molecule has 214 valence electrons. The van der Waals surface area contributed by atoms with Gasteiger partial charge >= 0.3 is 5.97 Å². The summed E-state index contributed by atoms with van der Waals surface area (Å²) in [6.07, 6.45) is 0.498. The fourth-order valence-corrected chi connectivity index (χ4v) is 5.65. The summed E-state index contributed by atoms with van der Waals surface area (Å²) in [7, 11) is 0. The predicted molar refractivity (Wildman–Crippen MR) is 144 cm³/mol. The number of likely N-dealkylation sites (tertiary alicyclic amines) is 2.